The molecule has 0 saturated carbocycles. The van der Waals surface area contributed by atoms with Gasteiger partial charge in [0.1, 0.15) is 12.1 Å². The number of carbonyl (C=O) groups is 4. The van der Waals surface area contributed by atoms with Gasteiger partial charge in [0.15, 0.2) is 0 Å². The largest absolute Gasteiger partial charge is 0.488 e. The fourth-order valence-corrected chi connectivity index (χ4v) is 8.95. The van der Waals surface area contributed by atoms with E-state index in [0.29, 0.717) is 45.0 Å². The van der Waals surface area contributed by atoms with Crippen molar-refractivity contribution in [1.82, 2.24) is 30.6 Å². The normalized spacial score (nSPS) is 13.1. The van der Waals surface area contributed by atoms with E-state index in [2.05, 4.69) is 33.8 Å². The van der Waals surface area contributed by atoms with Gasteiger partial charge in [0.05, 0.1) is 22.8 Å². The van der Waals surface area contributed by atoms with E-state index >= 15 is 0 Å². The number of benzene rings is 2. The van der Waals surface area contributed by atoms with Crippen molar-refractivity contribution in [2.24, 2.45) is 0 Å². The van der Waals surface area contributed by atoms with Crippen LogP contribution in [0.25, 0.3) is 56.5 Å². The van der Waals surface area contributed by atoms with E-state index in [1.54, 1.807) is 36.4 Å². The average Bonchev–Trinajstić information content (AvgIpc) is 3.98. The van der Waals surface area contributed by atoms with Crippen LogP contribution in [0.3, 0.4) is 0 Å². The third kappa shape index (κ3) is 11.1. The minimum atomic E-state index is -1.74. The molecule has 0 radical (unpaired) electrons. The third-order valence-electron chi connectivity index (χ3n) is 12.9. The second kappa shape index (κ2) is 21.3. The Morgan fingerprint density at radius 1 is 0.586 bits per heavy atom. The number of rotatable bonds is 18. The molecule has 0 saturated heterocycles. The van der Waals surface area contributed by atoms with Gasteiger partial charge in [-0.2, -0.15) is 0 Å². The molecular formula is C52H54B2N6O10. The van der Waals surface area contributed by atoms with Crippen LogP contribution in [0.5, 0.6) is 0 Å². The molecule has 7 rings (SSSR count). The van der Waals surface area contributed by atoms with Crippen molar-refractivity contribution in [3.05, 3.63) is 142 Å². The molecule has 2 aromatic carbocycles. The van der Waals surface area contributed by atoms with Crippen LogP contribution >= 0.6 is 0 Å². The molecule has 0 fully saturated rings. The number of carboxylic acid groups (broad SMARTS) is 2. The van der Waals surface area contributed by atoms with Crippen molar-refractivity contribution >= 4 is 105 Å². The molecule has 2 atom stereocenters. The summed E-state index contributed by atoms with van der Waals surface area (Å²) < 4.78 is 0. The highest BCUT2D eigenvalue weighted by molar-refractivity contribution is 6.59. The zero-order valence-electron chi connectivity index (χ0n) is 39.3. The minimum absolute atomic E-state index is 0.0987. The quantitative estimate of drug-likeness (QED) is 0.0540. The maximum absolute atomic E-state index is 13.6. The number of carbonyl (C=O) groups excluding carboxylic acids is 2. The van der Waals surface area contributed by atoms with Crippen LogP contribution < -0.4 is 21.6 Å². The van der Waals surface area contributed by atoms with Crippen molar-refractivity contribution < 1.29 is 49.5 Å². The number of hydrogen-bond donors (Lipinski definition) is 10. The first-order valence-corrected chi connectivity index (χ1v) is 22.7. The van der Waals surface area contributed by atoms with Gasteiger partial charge in [0, 0.05) is 58.9 Å². The number of nitrogens with one attached hydrogen (secondary N) is 4. The van der Waals surface area contributed by atoms with Gasteiger partial charge in [0.25, 0.3) is 0 Å². The van der Waals surface area contributed by atoms with Crippen LogP contribution in [-0.4, -0.2) is 100 Å². The summed E-state index contributed by atoms with van der Waals surface area (Å²) in [6, 6.07) is 17.4. The fourth-order valence-electron chi connectivity index (χ4n) is 8.95. The van der Waals surface area contributed by atoms with Crippen molar-refractivity contribution in [3.8, 4) is 0 Å². The highest BCUT2D eigenvalue weighted by Crippen LogP contribution is 2.38. The van der Waals surface area contributed by atoms with Crippen LogP contribution in [0.2, 0.25) is 0 Å². The van der Waals surface area contributed by atoms with Crippen molar-refractivity contribution in [2.45, 2.75) is 78.3 Å². The summed E-state index contributed by atoms with van der Waals surface area (Å²) >= 11 is 0. The van der Waals surface area contributed by atoms with E-state index in [-0.39, 0.29) is 49.5 Å². The number of carboxylic acids is 2. The molecule has 5 aromatic rings. The molecule has 2 unspecified atom stereocenters. The fraction of sp³-hybridized carbons (Fsp3) is 0.231. The average molecular weight is 945 g/mol. The Morgan fingerprint density at radius 2 is 0.986 bits per heavy atom. The maximum atomic E-state index is 13.6. The molecule has 0 aliphatic carbocycles. The number of hydrogen-bond acceptors (Lipinski definition) is 10. The molecule has 3 aromatic heterocycles. The van der Waals surface area contributed by atoms with E-state index < -0.39 is 50.1 Å². The van der Waals surface area contributed by atoms with Crippen LogP contribution in [0.4, 0.5) is 0 Å². The Labute approximate surface area is 404 Å². The highest BCUT2D eigenvalue weighted by Gasteiger charge is 2.27. The molecule has 2 aliphatic heterocycles. The maximum Gasteiger partial charge on any atom is 0.488 e. The van der Waals surface area contributed by atoms with Crippen molar-refractivity contribution in [2.75, 3.05) is 0 Å². The lowest BCUT2D eigenvalue weighted by molar-refractivity contribution is -0.142. The summed E-state index contributed by atoms with van der Waals surface area (Å²) in [7, 11) is -3.49. The summed E-state index contributed by atoms with van der Waals surface area (Å²) in [5, 5.41) is 64.0. The van der Waals surface area contributed by atoms with E-state index in [0.717, 1.165) is 55.5 Å². The number of amides is 2. The van der Waals surface area contributed by atoms with Crippen LogP contribution in [0.1, 0.15) is 95.7 Å². The molecule has 5 heterocycles. The van der Waals surface area contributed by atoms with Crippen LogP contribution in [0.15, 0.2) is 86.0 Å². The number of fused-ring (bicyclic) bond motifs is 8. The zero-order valence-corrected chi connectivity index (χ0v) is 39.3. The SMILES string of the molecule is C=Cc1c(C)c2cc3[nH]c(cc4nc(cc5nc(cc1[nH]2)C(C)=C5CCC(=O)NC(Cc1cccc(B(O)O)c1)C(=O)O)C(CCC(=O)NC(Cc1cccc(B(O)O)c1)C(=O)O)=C4C)c(C)c3C=C. The Hall–Kier alpha value is -7.63. The van der Waals surface area contributed by atoms with Crippen LogP contribution in [-0.2, 0) is 32.0 Å². The van der Waals surface area contributed by atoms with Gasteiger partial charge < -0.3 is 50.9 Å². The van der Waals surface area contributed by atoms with E-state index in [4.69, 9.17) is 9.97 Å². The Bertz CT molecular complexity index is 3190. The van der Waals surface area contributed by atoms with Crippen molar-refractivity contribution in [1.29, 1.82) is 0 Å². The predicted molar refractivity (Wildman–Crippen MR) is 273 cm³/mol. The van der Waals surface area contributed by atoms with E-state index in [1.807, 2.05) is 52.0 Å². The first-order valence-electron chi connectivity index (χ1n) is 22.7. The molecule has 10 N–H and O–H groups in total. The summed E-state index contributed by atoms with van der Waals surface area (Å²) in [6.45, 7) is 16.0. The van der Waals surface area contributed by atoms with Gasteiger partial charge in [-0.3, -0.25) is 9.59 Å². The molecule has 70 heavy (non-hydrogen) atoms. The molecule has 2 aliphatic rings. The van der Waals surface area contributed by atoms with Gasteiger partial charge in [-0.05, 0) is 120 Å². The van der Waals surface area contributed by atoms with Crippen molar-refractivity contribution in [3.63, 3.8) is 0 Å². The lowest BCUT2D eigenvalue weighted by Gasteiger charge is -2.16. The first-order chi connectivity index (χ1) is 33.3. The first kappa shape index (κ1) is 50.3. The molecule has 16 nitrogen and oxygen atoms in total. The smallest absolute Gasteiger partial charge is 0.480 e. The van der Waals surface area contributed by atoms with Gasteiger partial charge in [-0.25, -0.2) is 19.6 Å². The third-order valence-corrected chi connectivity index (χ3v) is 12.9. The Kier molecular flexibility index (Phi) is 15.3. The molecule has 358 valence electrons. The Morgan fingerprint density at radius 3 is 1.39 bits per heavy atom. The monoisotopic (exact) mass is 944 g/mol. The number of nitrogens with zero attached hydrogens (tertiary/aromatic N) is 2. The number of aromatic nitrogens is 4. The van der Waals surface area contributed by atoms with Crippen LogP contribution in [0, 0.1) is 13.8 Å². The number of H-pyrrole nitrogens is 2. The number of aromatic amines is 2. The summed E-state index contributed by atoms with van der Waals surface area (Å²) in [4.78, 5) is 69.3. The van der Waals surface area contributed by atoms with E-state index in [1.165, 1.54) is 24.3 Å². The van der Waals surface area contributed by atoms with Gasteiger partial charge in [-0.1, -0.05) is 73.8 Å². The molecule has 8 bridgehead atoms. The summed E-state index contributed by atoms with van der Waals surface area (Å²) in [5.74, 6) is -3.57. The number of aliphatic carboxylic acids is 2. The number of allylic oxidation sites excluding steroid dienone is 4. The molecular weight excluding hydrogens is 890 g/mol. The predicted octanol–water partition coefficient (Wildman–Crippen LogP) is 4.62. The highest BCUT2D eigenvalue weighted by atomic mass is 16.4. The minimum Gasteiger partial charge on any atom is -0.480 e. The molecule has 0 spiro atoms. The van der Waals surface area contributed by atoms with Gasteiger partial charge in [-0.15, -0.1) is 0 Å². The topological polar surface area (TPSA) is 271 Å². The molecule has 18 heteroatoms. The summed E-state index contributed by atoms with van der Waals surface area (Å²) in [6.07, 6.45) is 3.45. The lowest BCUT2D eigenvalue weighted by Crippen LogP contribution is -2.42. The van der Waals surface area contributed by atoms with E-state index in [9.17, 15) is 49.5 Å². The van der Waals surface area contributed by atoms with Gasteiger partial charge >= 0.3 is 26.2 Å². The zero-order chi connectivity index (χ0) is 50.6. The summed E-state index contributed by atoms with van der Waals surface area (Å²) in [5.41, 5.74) is 13.3. The second-order valence-electron chi connectivity index (χ2n) is 17.5. The Balaban J connectivity index is 1.28. The van der Waals surface area contributed by atoms with Gasteiger partial charge in [0.2, 0.25) is 11.8 Å². The second-order valence-corrected chi connectivity index (χ2v) is 17.5. The number of aryl methyl sites for hydroxylation is 2. The standard InChI is InChI=1S/C52H54B2N6O10/c1-7-35-27(3)39-23-40-29(5)37(15-17-49(61)59-47(51(63)64)21-31-11-9-13-33(19-31)53(67)68)45(57-40)26-46-38(16-18-50(62)60-48(52(65)66)22-32-12-10-14-34(20-32)54(69)70)30(6)42(58-46)25-44-36(8-2)28(4)41(56-44)24-43(35)55-39/h7-14,19-20,23-26,47-48,55-56,67-70H,1-2,15-18,21-22H2,3-6H3,(H,59,61)(H,60,62)(H,63,64)(H,65,66). The molecule has 2 amide bonds. The lowest BCUT2D eigenvalue weighted by atomic mass is 9.79.